The van der Waals surface area contributed by atoms with Crippen LogP contribution < -0.4 is 10.1 Å². The minimum Gasteiger partial charge on any atom is -0.487 e. The molecule has 35 heavy (non-hydrogen) atoms. The highest BCUT2D eigenvalue weighted by atomic mass is 19.2. The van der Waals surface area contributed by atoms with Gasteiger partial charge in [0.1, 0.15) is 17.7 Å². The first-order valence-electron chi connectivity index (χ1n) is 12.2. The number of halogens is 2. The molecule has 2 fully saturated rings. The Balaban J connectivity index is 1.21. The van der Waals surface area contributed by atoms with Gasteiger partial charge < -0.3 is 24.6 Å². The SMILES string of the molecule is CN1C[C@@H](NC(=O)N2CCc3cnc(CC4CCOCC4)nc3C2)[C@H](Oc2ccc(F)c(F)c2)C1. The van der Waals surface area contributed by atoms with Gasteiger partial charge in [-0.3, -0.25) is 0 Å². The Hall–Kier alpha value is -2.85. The van der Waals surface area contributed by atoms with Gasteiger partial charge in [0.15, 0.2) is 11.6 Å². The van der Waals surface area contributed by atoms with E-state index in [2.05, 4.69) is 10.3 Å². The van der Waals surface area contributed by atoms with Crippen LogP contribution in [0.15, 0.2) is 24.4 Å². The standard InChI is InChI=1S/C25H31F2N5O3/c1-31-13-22(23(15-31)35-18-2-3-19(26)20(27)11-18)30-25(33)32-7-4-17-12-28-24(29-21(17)14-32)10-16-5-8-34-9-6-16/h2-3,11-12,16,22-23H,4-10,13-15H2,1H3,(H,30,33)/t22-,23-/m1/s1. The van der Waals surface area contributed by atoms with Gasteiger partial charge in [-0.15, -0.1) is 0 Å². The van der Waals surface area contributed by atoms with Crippen molar-refractivity contribution < 1.29 is 23.0 Å². The number of likely N-dealkylation sites (N-methyl/N-ethyl adjacent to an activating group) is 1. The molecule has 2 aromatic rings. The lowest BCUT2D eigenvalue weighted by Crippen LogP contribution is -2.51. The molecular weight excluding hydrogens is 456 g/mol. The van der Waals surface area contributed by atoms with E-state index in [0.29, 0.717) is 38.5 Å². The molecule has 0 spiro atoms. The summed E-state index contributed by atoms with van der Waals surface area (Å²) in [6.45, 7) is 3.76. The Kier molecular flexibility index (Phi) is 7.10. The average molecular weight is 488 g/mol. The fraction of sp³-hybridized carbons (Fsp3) is 0.560. The number of benzene rings is 1. The van der Waals surface area contributed by atoms with Gasteiger partial charge in [-0.05, 0) is 49.9 Å². The maximum atomic E-state index is 13.6. The summed E-state index contributed by atoms with van der Waals surface area (Å²) in [5.41, 5.74) is 1.99. The number of nitrogens with zero attached hydrogens (tertiary/aromatic N) is 4. The Morgan fingerprint density at radius 3 is 2.86 bits per heavy atom. The zero-order valence-corrected chi connectivity index (χ0v) is 19.9. The molecular formula is C25H31F2N5O3. The van der Waals surface area contributed by atoms with Crippen molar-refractivity contribution >= 4 is 6.03 Å². The lowest BCUT2D eigenvalue weighted by atomic mass is 9.96. The third kappa shape index (κ3) is 5.70. The van der Waals surface area contributed by atoms with Crippen LogP contribution in [0.25, 0.3) is 0 Å². The van der Waals surface area contributed by atoms with Crippen LogP contribution in [0.3, 0.4) is 0 Å². The van der Waals surface area contributed by atoms with Crippen LogP contribution >= 0.6 is 0 Å². The van der Waals surface area contributed by atoms with Crippen LogP contribution in [0, 0.1) is 17.6 Å². The summed E-state index contributed by atoms with van der Waals surface area (Å²) < 4.78 is 38.2. The van der Waals surface area contributed by atoms with Gasteiger partial charge in [0.05, 0.1) is 18.3 Å². The molecule has 2 amide bonds. The molecule has 10 heteroatoms. The van der Waals surface area contributed by atoms with Gasteiger partial charge in [-0.25, -0.2) is 23.5 Å². The Morgan fingerprint density at radius 1 is 1.23 bits per heavy atom. The molecule has 0 radical (unpaired) electrons. The van der Waals surface area contributed by atoms with Crippen molar-refractivity contribution in [1.29, 1.82) is 0 Å². The first-order chi connectivity index (χ1) is 16.9. The normalized spacial score (nSPS) is 23.2. The molecule has 0 aliphatic carbocycles. The van der Waals surface area contributed by atoms with Crippen molar-refractivity contribution in [2.75, 3.05) is 39.9 Å². The number of carbonyl (C=O) groups is 1. The van der Waals surface area contributed by atoms with Crippen molar-refractivity contribution in [3.8, 4) is 5.75 Å². The van der Waals surface area contributed by atoms with Crippen LogP contribution in [0.1, 0.15) is 29.9 Å². The molecule has 0 unspecified atom stereocenters. The number of hydrogen-bond donors (Lipinski definition) is 1. The molecule has 5 rings (SSSR count). The molecule has 3 aliphatic rings. The minimum absolute atomic E-state index is 0.181. The molecule has 4 heterocycles. The predicted molar refractivity (Wildman–Crippen MR) is 124 cm³/mol. The fourth-order valence-electron chi connectivity index (χ4n) is 5.02. The number of aromatic nitrogens is 2. The number of carbonyl (C=O) groups excluding carboxylic acids is 1. The van der Waals surface area contributed by atoms with E-state index in [0.717, 1.165) is 61.7 Å². The number of ether oxygens (including phenoxy) is 2. The van der Waals surface area contributed by atoms with Gasteiger partial charge in [0.25, 0.3) is 0 Å². The highest BCUT2D eigenvalue weighted by Gasteiger charge is 2.35. The summed E-state index contributed by atoms with van der Waals surface area (Å²) >= 11 is 0. The number of fused-ring (bicyclic) bond motifs is 1. The first kappa shape index (κ1) is 23.9. The Bertz CT molecular complexity index is 1070. The molecule has 1 aromatic heterocycles. The Morgan fingerprint density at radius 2 is 2.06 bits per heavy atom. The second kappa shape index (κ2) is 10.4. The second-order valence-corrected chi connectivity index (χ2v) is 9.70. The topological polar surface area (TPSA) is 79.8 Å². The highest BCUT2D eigenvalue weighted by Crippen LogP contribution is 2.23. The van der Waals surface area contributed by atoms with Gasteiger partial charge in [-0.2, -0.15) is 0 Å². The number of hydrogen-bond acceptors (Lipinski definition) is 6. The molecule has 3 aliphatic heterocycles. The number of urea groups is 1. The summed E-state index contributed by atoms with van der Waals surface area (Å²) in [7, 11) is 1.93. The molecule has 2 atom stereocenters. The van der Waals surface area contributed by atoms with E-state index < -0.39 is 11.6 Å². The smallest absolute Gasteiger partial charge is 0.318 e. The van der Waals surface area contributed by atoms with E-state index in [-0.39, 0.29) is 23.9 Å². The summed E-state index contributed by atoms with van der Waals surface area (Å²) in [6.07, 6.45) is 5.13. The summed E-state index contributed by atoms with van der Waals surface area (Å²) in [4.78, 5) is 26.3. The van der Waals surface area contributed by atoms with Crippen molar-refractivity contribution in [3.05, 3.63) is 53.1 Å². The molecule has 8 nitrogen and oxygen atoms in total. The average Bonchev–Trinajstić information content (AvgIpc) is 3.19. The molecule has 1 N–H and O–H groups in total. The van der Waals surface area contributed by atoms with Crippen molar-refractivity contribution in [3.63, 3.8) is 0 Å². The van der Waals surface area contributed by atoms with E-state index in [1.165, 1.54) is 6.07 Å². The third-order valence-corrected chi connectivity index (χ3v) is 7.03. The van der Waals surface area contributed by atoms with Gasteiger partial charge >= 0.3 is 6.03 Å². The number of likely N-dealkylation sites (tertiary alicyclic amines) is 1. The second-order valence-electron chi connectivity index (χ2n) is 9.70. The summed E-state index contributed by atoms with van der Waals surface area (Å²) in [5.74, 6) is -0.273. The quantitative estimate of drug-likeness (QED) is 0.699. The van der Waals surface area contributed by atoms with Crippen LogP contribution in [0.5, 0.6) is 5.75 Å². The van der Waals surface area contributed by atoms with Crippen LogP contribution in [-0.4, -0.2) is 77.8 Å². The minimum atomic E-state index is -0.959. The zero-order valence-electron chi connectivity index (χ0n) is 19.9. The summed E-state index contributed by atoms with van der Waals surface area (Å²) in [6, 6.07) is 3.01. The summed E-state index contributed by atoms with van der Waals surface area (Å²) in [5, 5.41) is 3.08. The number of nitrogens with one attached hydrogen (secondary N) is 1. The lowest BCUT2D eigenvalue weighted by molar-refractivity contribution is 0.0659. The molecule has 1 aromatic carbocycles. The van der Waals surface area contributed by atoms with Crippen LogP contribution in [0.4, 0.5) is 13.6 Å². The van der Waals surface area contributed by atoms with Crippen LogP contribution in [0.2, 0.25) is 0 Å². The van der Waals surface area contributed by atoms with Gasteiger partial charge in [0.2, 0.25) is 0 Å². The number of rotatable bonds is 5. The Labute approximate surface area is 203 Å². The monoisotopic (exact) mass is 487 g/mol. The van der Waals surface area contributed by atoms with Crippen molar-refractivity contribution in [1.82, 2.24) is 25.1 Å². The van der Waals surface area contributed by atoms with E-state index in [9.17, 15) is 13.6 Å². The van der Waals surface area contributed by atoms with Gasteiger partial charge in [-0.1, -0.05) is 0 Å². The van der Waals surface area contributed by atoms with E-state index in [1.807, 2.05) is 18.1 Å². The first-order valence-corrected chi connectivity index (χ1v) is 12.2. The largest absolute Gasteiger partial charge is 0.487 e. The molecule has 2 saturated heterocycles. The molecule has 0 bridgehead atoms. The fourth-order valence-corrected chi connectivity index (χ4v) is 5.02. The molecule has 0 saturated carbocycles. The van der Waals surface area contributed by atoms with E-state index >= 15 is 0 Å². The van der Waals surface area contributed by atoms with E-state index in [1.54, 1.807) is 4.90 Å². The third-order valence-electron chi connectivity index (χ3n) is 7.03. The molecule has 188 valence electrons. The lowest BCUT2D eigenvalue weighted by Gasteiger charge is -2.30. The maximum absolute atomic E-state index is 13.6. The number of amides is 2. The van der Waals surface area contributed by atoms with Gasteiger partial charge in [0, 0.05) is 51.5 Å². The van der Waals surface area contributed by atoms with Crippen LogP contribution in [-0.2, 0) is 24.1 Å². The van der Waals surface area contributed by atoms with Crippen molar-refractivity contribution in [2.24, 2.45) is 5.92 Å². The van der Waals surface area contributed by atoms with E-state index in [4.69, 9.17) is 14.5 Å². The highest BCUT2D eigenvalue weighted by molar-refractivity contribution is 5.75. The maximum Gasteiger partial charge on any atom is 0.318 e. The van der Waals surface area contributed by atoms with Crippen molar-refractivity contribution in [2.45, 2.75) is 44.4 Å². The zero-order chi connectivity index (χ0) is 24.4. The predicted octanol–water partition coefficient (Wildman–Crippen LogP) is 2.55.